The molecule has 114 valence electrons. The molecular formula is C13H18N4O4. The summed E-state index contributed by atoms with van der Waals surface area (Å²) in [5.74, 6) is 0.250. The van der Waals surface area contributed by atoms with E-state index in [9.17, 15) is 14.9 Å². The molecule has 0 aliphatic carbocycles. The van der Waals surface area contributed by atoms with Crippen molar-refractivity contribution >= 4 is 17.4 Å². The number of nitrogens with one attached hydrogen (secondary N) is 1. The maximum atomic E-state index is 12.5. The van der Waals surface area contributed by atoms with Crippen LogP contribution in [0.2, 0.25) is 0 Å². The van der Waals surface area contributed by atoms with Crippen LogP contribution in [0.4, 0.5) is 11.5 Å². The normalized spacial score (nSPS) is 15.8. The van der Waals surface area contributed by atoms with Crippen LogP contribution in [0.3, 0.4) is 0 Å². The summed E-state index contributed by atoms with van der Waals surface area (Å²) in [6, 6.07) is 1.40. The number of aromatic nitrogens is 1. The number of carbonyl (C=O) groups is 1. The van der Waals surface area contributed by atoms with Crippen LogP contribution >= 0.6 is 0 Å². The monoisotopic (exact) mass is 294 g/mol. The van der Waals surface area contributed by atoms with Gasteiger partial charge in [0, 0.05) is 32.8 Å². The molecule has 1 amide bonds. The van der Waals surface area contributed by atoms with Gasteiger partial charge >= 0.3 is 0 Å². The molecule has 0 atom stereocenters. The van der Waals surface area contributed by atoms with E-state index in [0.717, 1.165) is 6.20 Å². The second-order valence-corrected chi connectivity index (χ2v) is 5.01. The molecule has 0 radical (unpaired) electrons. The first-order valence-corrected chi connectivity index (χ1v) is 6.79. The number of hydrogen-bond donors (Lipinski definition) is 2. The van der Waals surface area contributed by atoms with Crippen molar-refractivity contribution in [1.82, 2.24) is 9.88 Å². The van der Waals surface area contributed by atoms with Gasteiger partial charge in [0.15, 0.2) is 0 Å². The molecule has 1 saturated heterocycles. The average molecular weight is 294 g/mol. The highest BCUT2D eigenvalue weighted by molar-refractivity contribution is 5.98. The van der Waals surface area contributed by atoms with Gasteiger partial charge in [-0.05, 0) is 18.8 Å². The van der Waals surface area contributed by atoms with E-state index in [1.807, 2.05) is 0 Å². The lowest BCUT2D eigenvalue weighted by Gasteiger charge is -2.31. The lowest BCUT2D eigenvalue weighted by Crippen LogP contribution is -2.39. The van der Waals surface area contributed by atoms with E-state index >= 15 is 0 Å². The zero-order valence-electron chi connectivity index (χ0n) is 11.8. The quantitative estimate of drug-likeness (QED) is 0.630. The first-order chi connectivity index (χ1) is 10.1. The summed E-state index contributed by atoms with van der Waals surface area (Å²) in [4.78, 5) is 28.4. The number of piperidine rings is 1. The molecule has 8 nitrogen and oxygen atoms in total. The summed E-state index contributed by atoms with van der Waals surface area (Å²) in [5, 5.41) is 22.9. The number of hydrogen-bond acceptors (Lipinski definition) is 6. The van der Waals surface area contributed by atoms with Crippen molar-refractivity contribution in [2.75, 3.05) is 32.1 Å². The fourth-order valence-electron chi connectivity index (χ4n) is 2.39. The highest BCUT2D eigenvalue weighted by atomic mass is 16.6. The molecule has 0 bridgehead atoms. The molecule has 2 heterocycles. The molecule has 1 aromatic heterocycles. The predicted molar refractivity (Wildman–Crippen MR) is 76.2 cm³/mol. The maximum Gasteiger partial charge on any atom is 0.300 e. The molecule has 2 rings (SSSR count). The maximum absolute atomic E-state index is 12.5. The van der Waals surface area contributed by atoms with Crippen molar-refractivity contribution in [3.8, 4) is 0 Å². The molecule has 1 fully saturated rings. The number of pyridine rings is 1. The first kappa shape index (κ1) is 15.2. The van der Waals surface area contributed by atoms with Crippen molar-refractivity contribution in [3.05, 3.63) is 27.9 Å². The Morgan fingerprint density at radius 1 is 1.57 bits per heavy atom. The van der Waals surface area contributed by atoms with E-state index in [2.05, 4.69) is 10.3 Å². The van der Waals surface area contributed by atoms with E-state index in [-0.39, 0.29) is 29.7 Å². The molecule has 1 aliphatic rings. The van der Waals surface area contributed by atoms with Gasteiger partial charge in [0.2, 0.25) is 0 Å². The minimum atomic E-state index is -0.597. The third kappa shape index (κ3) is 3.27. The first-order valence-electron chi connectivity index (χ1n) is 6.79. The number of nitro groups is 1. The Morgan fingerprint density at radius 3 is 2.76 bits per heavy atom. The van der Waals surface area contributed by atoms with E-state index in [4.69, 9.17) is 5.11 Å². The van der Waals surface area contributed by atoms with Crippen LogP contribution < -0.4 is 5.32 Å². The number of aliphatic hydroxyl groups excluding tert-OH is 1. The van der Waals surface area contributed by atoms with Crippen molar-refractivity contribution in [2.45, 2.75) is 12.8 Å². The molecule has 21 heavy (non-hydrogen) atoms. The van der Waals surface area contributed by atoms with Gasteiger partial charge in [-0.1, -0.05) is 0 Å². The number of likely N-dealkylation sites (tertiary alicyclic amines) is 1. The van der Waals surface area contributed by atoms with Gasteiger partial charge in [0.1, 0.15) is 17.6 Å². The van der Waals surface area contributed by atoms with Crippen LogP contribution in [0.5, 0.6) is 0 Å². The Hall–Kier alpha value is -2.22. The van der Waals surface area contributed by atoms with Gasteiger partial charge in [-0.3, -0.25) is 14.9 Å². The van der Waals surface area contributed by atoms with Crippen LogP contribution in [0, 0.1) is 16.0 Å². The van der Waals surface area contributed by atoms with Gasteiger partial charge in [-0.15, -0.1) is 0 Å². The van der Waals surface area contributed by atoms with E-state index in [1.165, 1.54) is 6.07 Å². The third-order valence-corrected chi connectivity index (χ3v) is 3.73. The van der Waals surface area contributed by atoms with E-state index < -0.39 is 4.92 Å². The Labute approximate surface area is 121 Å². The largest absolute Gasteiger partial charge is 0.396 e. The van der Waals surface area contributed by atoms with Crippen molar-refractivity contribution < 1.29 is 14.8 Å². The fourth-order valence-corrected chi connectivity index (χ4v) is 2.39. The van der Waals surface area contributed by atoms with Crippen LogP contribution in [-0.4, -0.2) is 52.6 Å². The Balaban J connectivity index is 2.23. The van der Waals surface area contributed by atoms with E-state index in [1.54, 1.807) is 11.9 Å². The lowest BCUT2D eigenvalue weighted by molar-refractivity contribution is -0.385. The Morgan fingerprint density at radius 2 is 2.24 bits per heavy atom. The van der Waals surface area contributed by atoms with Crippen molar-refractivity contribution in [1.29, 1.82) is 0 Å². The zero-order valence-corrected chi connectivity index (χ0v) is 11.8. The van der Waals surface area contributed by atoms with Crippen molar-refractivity contribution in [2.24, 2.45) is 5.92 Å². The molecule has 1 aliphatic heterocycles. The number of amides is 1. The molecule has 8 heteroatoms. The number of anilines is 1. The second kappa shape index (κ2) is 6.49. The zero-order chi connectivity index (χ0) is 15.4. The fraction of sp³-hybridized carbons (Fsp3) is 0.538. The molecule has 2 N–H and O–H groups in total. The minimum Gasteiger partial charge on any atom is -0.396 e. The number of carbonyl (C=O) groups excluding carboxylic acids is 1. The van der Waals surface area contributed by atoms with Crippen LogP contribution in [-0.2, 0) is 0 Å². The summed E-state index contributed by atoms with van der Waals surface area (Å²) in [7, 11) is 1.63. The van der Waals surface area contributed by atoms with Crippen LogP contribution in [0.1, 0.15) is 23.2 Å². The van der Waals surface area contributed by atoms with Gasteiger partial charge in [0.05, 0.1) is 4.92 Å². The number of nitrogens with zero attached hydrogens (tertiary/aromatic N) is 3. The summed E-state index contributed by atoms with van der Waals surface area (Å²) in [6.45, 7) is 1.11. The third-order valence-electron chi connectivity index (χ3n) is 3.73. The van der Waals surface area contributed by atoms with Gasteiger partial charge < -0.3 is 15.3 Å². The summed E-state index contributed by atoms with van der Waals surface area (Å²) >= 11 is 0. The Bertz CT molecular complexity index is 541. The predicted octanol–water partition coefficient (Wildman–Crippen LogP) is 0.876. The number of rotatable bonds is 4. The molecular weight excluding hydrogens is 276 g/mol. The molecule has 0 unspecified atom stereocenters. The molecule has 0 aromatic carbocycles. The average Bonchev–Trinajstić information content (AvgIpc) is 2.53. The molecule has 0 spiro atoms. The highest BCUT2D eigenvalue weighted by Crippen LogP contribution is 2.24. The van der Waals surface area contributed by atoms with Crippen LogP contribution in [0.15, 0.2) is 12.3 Å². The standard InChI is InChI=1S/C13H18N4O4/c1-14-12-6-10(11(7-15-12)17(20)21)13(19)16-4-2-9(8-18)3-5-16/h6-7,9,18H,2-5,8H2,1H3,(H,14,15). The highest BCUT2D eigenvalue weighted by Gasteiger charge is 2.28. The van der Waals surface area contributed by atoms with Gasteiger partial charge in [-0.2, -0.15) is 0 Å². The molecule has 0 saturated carbocycles. The lowest BCUT2D eigenvalue weighted by atomic mass is 9.97. The number of aliphatic hydroxyl groups is 1. The summed E-state index contributed by atoms with van der Waals surface area (Å²) in [5.41, 5.74) is -0.245. The van der Waals surface area contributed by atoms with Crippen molar-refractivity contribution in [3.63, 3.8) is 0 Å². The summed E-state index contributed by atoms with van der Waals surface area (Å²) < 4.78 is 0. The SMILES string of the molecule is CNc1cc(C(=O)N2CCC(CO)CC2)c([N+](=O)[O-])cn1. The van der Waals surface area contributed by atoms with E-state index in [0.29, 0.717) is 31.7 Å². The second-order valence-electron chi connectivity index (χ2n) is 5.01. The summed E-state index contributed by atoms with van der Waals surface area (Å²) in [6.07, 6.45) is 2.51. The Kier molecular flexibility index (Phi) is 4.69. The molecule has 1 aromatic rings. The van der Waals surface area contributed by atoms with Crippen LogP contribution in [0.25, 0.3) is 0 Å². The topological polar surface area (TPSA) is 109 Å². The smallest absolute Gasteiger partial charge is 0.300 e. The minimum absolute atomic E-state index is 0.0433. The van der Waals surface area contributed by atoms with Gasteiger partial charge in [0.25, 0.3) is 11.6 Å². The van der Waals surface area contributed by atoms with Gasteiger partial charge in [-0.25, -0.2) is 4.98 Å².